The Bertz CT molecular complexity index is 1360. The van der Waals surface area contributed by atoms with Crippen molar-refractivity contribution in [1.82, 2.24) is 0 Å². The molecule has 0 saturated heterocycles. The van der Waals surface area contributed by atoms with Crippen LogP contribution in [0.5, 0.6) is 0 Å². The summed E-state index contributed by atoms with van der Waals surface area (Å²) in [5.74, 6) is 0. The average molecular weight is 453 g/mol. The lowest BCUT2D eigenvalue weighted by Crippen LogP contribution is -2.31. The lowest BCUT2D eigenvalue weighted by atomic mass is 9.73. The number of aliphatic hydroxyl groups is 1. The number of halogens is 1. The third-order valence-corrected chi connectivity index (χ3v) is 7.09. The summed E-state index contributed by atoms with van der Waals surface area (Å²) in [6.45, 7) is 8.80. The van der Waals surface area contributed by atoms with Crippen LogP contribution in [0.3, 0.4) is 0 Å². The summed E-state index contributed by atoms with van der Waals surface area (Å²) in [6, 6.07) is 29.0. The first-order valence-corrected chi connectivity index (χ1v) is 12.0. The Morgan fingerprint density at radius 1 is 0.758 bits per heavy atom. The molecule has 1 nitrogen and oxygen atoms in total. The van der Waals surface area contributed by atoms with E-state index in [1.165, 1.54) is 5.56 Å². The highest BCUT2D eigenvalue weighted by molar-refractivity contribution is 6.30. The SMILES string of the molecule is CCc1ccc2c(c1)C(O)(c1ccccc1-c1cccc(Cl)c1)c1c-2cccc1C(C)(C)C. The number of hydrogen-bond donors (Lipinski definition) is 1. The Hall–Kier alpha value is -2.87. The first-order chi connectivity index (χ1) is 15.7. The van der Waals surface area contributed by atoms with Gasteiger partial charge in [-0.25, -0.2) is 0 Å². The molecule has 0 saturated carbocycles. The summed E-state index contributed by atoms with van der Waals surface area (Å²) in [4.78, 5) is 0. The fourth-order valence-corrected chi connectivity index (χ4v) is 5.45. The van der Waals surface area contributed by atoms with E-state index < -0.39 is 5.60 Å². The molecule has 0 fully saturated rings. The second-order valence-electron chi connectivity index (χ2n) is 9.98. The van der Waals surface area contributed by atoms with Gasteiger partial charge in [0.2, 0.25) is 0 Å². The minimum absolute atomic E-state index is 0.125. The molecule has 0 aromatic heterocycles. The standard InChI is InChI=1S/C31H29ClO/c1-5-20-16-17-24-25-13-9-15-27(30(2,3)4)29(25)31(33,28(24)18-20)26-14-7-6-12-23(26)21-10-8-11-22(32)19-21/h6-19,33H,5H2,1-4H3. The first kappa shape index (κ1) is 21.9. The molecule has 0 heterocycles. The number of rotatable bonds is 3. The molecule has 0 radical (unpaired) electrons. The van der Waals surface area contributed by atoms with Crippen LogP contribution in [0.25, 0.3) is 22.3 Å². The predicted molar refractivity (Wildman–Crippen MR) is 139 cm³/mol. The molecule has 5 rings (SSSR count). The van der Waals surface area contributed by atoms with Crippen LogP contribution >= 0.6 is 11.6 Å². The lowest BCUT2D eigenvalue weighted by Gasteiger charge is -2.34. The number of fused-ring (bicyclic) bond motifs is 3. The van der Waals surface area contributed by atoms with Crippen molar-refractivity contribution in [3.63, 3.8) is 0 Å². The zero-order chi connectivity index (χ0) is 23.4. The highest BCUT2D eigenvalue weighted by atomic mass is 35.5. The molecule has 2 heteroatoms. The zero-order valence-corrected chi connectivity index (χ0v) is 20.4. The van der Waals surface area contributed by atoms with Gasteiger partial charge in [-0.05, 0) is 57.3 Å². The van der Waals surface area contributed by atoms with Crippen LogP contribution in [0.4, 0.5) is 0 Å². The normalized spacial score (nSPS) is 17.0. The van der Waals surface area contributed by atoms with Gasteiger partial charge < -0.3 is 5.11 Å². The molecule has 1 atom stereocenters. The molecular weight excluding hydrogens is 424 g/mol. The van der Waals surface area contributed by atoms with Crippen molar-refractivity contribution in [2.24, 2.45) is 0 Å². The van der Waals surface area contributed by atoms with Gasteiger partial charge in [0.1, 0.15) is 5.60 Å². The van der Waals surface area contributed by atoms with Crippen LogP contribution in [0.1, 0.15) is 55.5 Å². The van der Waals surface area contributed by atoms with Crippen LogP contribution in [0.15, 0.2) is 84.9 Å². The predicted octanol–water partition coefficient (Wildman–Crippen LogP) is 8.13. The van der Waals surface area contributed by atoms with Crippen molar-refractivity contribution in [3.05, 3.63) is 118 Å². The minimum atomic E-state index is -1.27. The van der Waals surface area contributed by atoms with E-state index in [-0.39, 0.29) is 5.41 Å². The quantitative estimate of drug-likeness (QED) is 0.332. The van der Waals surface area contributed by atoms with E-state index in [0.717, 1.165) is 50.9 Å². The highest BCUT2D eigenvalue weighted by Crippen LogP contribution is 2.55. The summed E-state index contributed by atoms with van der Waals surface area (Å²) in [5, 5.41) is 13.6. The summed E-state index contributed by atoms with van der Waals surface area (Å²) in [7, 11) is 0. The van der Waals surface area contributed by atoms with Crippen molar-refractivity contribution in [2.75, 3.05) is 0 Å². The molecule has 0 amide bonds. The molecule has 33 heavy (non-hydrogen) atoms. The van der Waals surface area contributed by atoms with E-state index in [1.54, 1.807) is 0 Å². The summed E-state index contributed by atoms with van der Waals surface area (Å²) < 4.78 is 0. The van der Waals surface area contributed by atoms with Gasteiger partial charge in [0.15, 0.2) is 0 Å². The molecule has 1 N–H and O–H groups in total. The van der Waals surface area contributed by atoms with Crippen LogP contribution in [0.2, 0.25) is 5.02 Å². The van der Waals surface area contributed by atoms with E-state index in [0.29, 0.717) is 5.02 Å². The van der Waals surface area contributed by atoms with Gasteiger partial charge in [-0.15, -0.1) is 0 Å². The molecule has 1 unspecified atom stereocenters. The summed E-state index contributed by atoms with van der Waals surface area (Å²) in [6.07, 6.45) is 0.918. The number of aryl methyl sites for hydroxylation is 1. The summed E-state index contributed by atoms with van der Waals surface area (Å²) in [5.41, 5.74) is 8.05. The van der Waals surface area contributed by atoms with Crippen LogP contribution in [0, 0.1) is 0 Å². The smallest absolute Gasteiger partial charge is 0.142 e. The topological polar surface area (TPSA) is 20.2 Å². The van der Waals surface area contributed by atoms with E-state index in [4.69, 9.17) is 11.6 Å². The highest BCUT2D eigenvalue weighted by Gasteiger charge is 2.47. The van der Waals surface area contributed by atoms with Crippen molar-refractivity contribution in [3.8, 4) is 22.3 Å². The van der Waals surface area contributed by atoms with E-state index in [9.17, 15) is 5.11 Å². The third-order valence-electron chi connectivity index (χ3n) is 6.86. The first-order valence-electron chi connectivity index (χ1n) is 11.6. The number of hydrogen-bond acceptors (Lipinski definition) is 1. The maximum atomic E-state index is 12.9. The second-order valence-corrected chi connectivity index (χ2v) is 10.4. The molecule has 4 aromatic carbocycles. The largest absolute Gasteiger partial charge is 0.376 e. The van der Waals surface area contributed by atoms with Crippen LogP contribution in [-0.4, -0.2) is 5.11 Å². The Kier molecular flexibility index (Phi) is 5.23. The zero-order valence-electron chi connectivity index (χ0n) is 19.6. The van der Waals surface area contributed by atoms with Gasteiger partial charge in [0, 0.05) is 21.7 Å². The lowest BCUT2D eigenvalue weighted by molar-refractivity contribution is 0.129. The van der Waals surface area contributed by atoms with E-state index >= 15 is 0 Å². The second kappa shape index (κ2) is 7.87. The Balaban J connectivity index is 1.90. The molecule has 0 spiro atoms. The van der Waals surface area contributed by atoms with Gasteiger partial charge >= 0.3 is 0 Å². The van der Waals surface area contributed by atoms with Gasteiger partial charge in [-0.2, -0.15) is 0 Å². The molecular formula is C31H29ClO. The molecule has 0 bridgehead atoms. The maximum Gasteiger partial charge on any atom is 0.142 e. The van der Waals surface area contributed by atoms with Gasteiger partial charge in [-0.1, -0.05) is 112 Å². The van der Waals surface area contributed by atoms with Gasteiger partial charge in [0.25, 0.3) is 0 Å². The minimum Gasteiger partial charge on any atom is -0.376 e. The van der Waals surface area contributed by atoms with Crippen molar-refractivity contribution >= 4 is 11.6 Å². The number of benzene rings is 4. The van der Waals surface area contributed by atoms with Crippen molar-refractivity contribution < 1.29 is 5.11 Å². The van der Waals surface area contributed by atoms with Crippen LogP contribution < -0.4 is 0 Å². The molecule has 166 valence electrons. The fourth-order valence-electron chi connectivity index (χ4n) is 5.26. The third kappa shape index (κ3) is 3.42. The Morgan fingerprint density at radius 3 is 2.21 bits per heavy atom. The molecule has 0 aliphatic heterocycles. The Labute approximate surface area is 201 Å². The fraction of sp³-hybridized carbons (Fsp3) is 0.226. The maximum absolute atomic E-state index is 12.9. The molecule has 1 aliphatic rings. The Morgan fingerprint density at radius 2 is 1.48 bits per heavy atom. The van der Waals surface area contributed by atoms with Crippen LogP contribution in [-0.2, 0) is 17.4 Å². The van der Waals surface area contributed by atoms with Gasteiger partial charge in [-0.3, -0.25) is 0 Å². The summed E-state index contributed by atoms with van der Waals surface area (Å²) >= 11 is 6.37. The van der Waals surface area contributed by atoms with Crippen molar-refractivity contribution in [2.45, 2.75) is 45.1 Å². The molecule has 4 aromatic rings. The van der Waals surface area contributed by atoms with Crippen molar-refractivity contribution in [1.29, 1.82) is 0 Å². The molecule has 1 aliphatic carbocycles. The average Bonchev–Trinajstić information content (AvgIpc) is 3.07. The monoisotopic (exact) mass is 452 g/mol. The van der Waals surface area contributed by atoms with E-state index in [1.807, 2.05) is 30.3 Å². The van der Waals surface area contributed by atoms with E-state index in [2.05, 4.69) is 82.3 Å². The van der Waals surface area contributed by atoms with Gasteiger partial charge in [0.05, 0.1) is 0 Å².